The second kappa shape index (κ2) is 6.61. The molecule has 2 aromatic carbocycles. The maximum Gasteiger partial charge on any atom is 0.251 e. The van der Waals surface area contributed by atoms with E-state index in [9.17, 15) is 4.79 Å². The first-order valence-electron chi connectivity index (χ1n) is 8.06. The highest BCUT2D eigenvalue weighted by atomic mass is 16.3. The molecule has 4 heteroatoms. The van der Waals surface area contributed by atoms with Crippen molar-refractivity contribution >= 4 is 16.7 Å². The van der Waals surface area contributed by atoms with Gasteiger partial charge in [0.25, 0.3) is 5.91 Å². The minimum Gasteiger partial charge on any atom is -0.463 e. The molecule has 1 amide bonds. The zero-order valence-corrected chi connectivity index (χ0v) is 13.5. The number of amides is 1. The Labute approximate surface area is 145 Å². The normalized spacial score (nSPS) is 10.7. The van der Waals surface area contributed by atoms with Crippen LogP contribution in [0.3, 0.4) is 0 Å². The minimum atomic E-state index is -0.111. The van der Waals surface area contributed by atoms with Gasteiger partial charge in [0.15, 0.2) is 5.76 Å². The summed E-state index contributed by atoms with van der Waals surface area (Å²) in [5, 5.41) is 5.13. The predicted molar refractivity (Wildman–Crippen MR) is 97.1 cm³/mol. The standard InChI is InChI=1S/C21H16N2O2/c24-21(17-10-9-15-5-1-2-6-16(15)13-17)23-14-18-7-3-11-22-20(18)19-8-4-12-25-19/h1-13H,14H2,(H,23,24). The summed E-state index contributed by atoms with van der Waals surface area (Å²) < 4.78 is 5.42. The maximum absolute atomic E-state index is 12.5. The molecule has 4 aromatic rings. The van der Waals surface area contributed by atoms with Gasteiger partial charge in [0.05, 0.1) is 6.26 Å². The van der Waals surface area contributed by atoms with Crippen LogP contribution in [0.5, 0.6) is 0 Å². The van der Waals surface area contributed by atoms with Crippen molar-refractivity contribution in [2.24, 2.45) is 0 Å². The van der Waals surface area contributed by atoms with Gasteiger partial charge in [0.2, 0.25) is 0 Å². The lowest BCUT2D eigenvalue weighted by Gasteiger charge is -2.09. The molecule has 0 aliphatic heterocycles. The Morgan fingerprint density at radius 2 is 1.84 bits per heavy atom. The first-order chi connectivity index (χ1) is 12.3. The van der Waals surface area contributed by atoms with Gasteiger partial charge >= 0.3 is 0 Å². The zero-order chi connectivity index (χ0) is 17.1. The molecule has 2 aromatic heterocycles. The van der Waals surface area contributed by atoms with Gasteiger partial charge < -0.3 is 9.73 Å². The Morgan fingerprint density at radius 1 is 0.960 bits per heavy atom. The highest BCUT2D eigenvalue weighted by molar-refractivity contribution is 5.98. The first-order valence-corrected chi connectivity index (χ1v) is 8.06. The van der Waals surface area contributed by atoms with Gasteiger partial charge in [-0.3, -0.25) is 9.78 Å². The van der Waals surface area contributed by atoms with Crippen molar-refractivity contribution in [3.05, 3.63) is 90.3 Å². The quantitative estimate of drug-likeness (QED) is 0.603. The van der Waals surface area contributed by atoms with Crippen molar-refractivity contribution in [3.8, 4) is 11.5 Å². The van der Waals surface area contributed by atoms with Crippen LogP contribution in [0, 0.1) is 0 Å². The molecule has 0 aliphatic carbocycles. The SMILES string of the molecule is O=C(NCc1cccnc1-c1ccco1)c1ccc2ccccc2c1. The second-order valence-electron chi connectivity index (χ2n) is 5.73. The fraction of sp³-hybridized carbons (Fsp3) is 0.0476. The molecule has 4 nitrogen and oxygen atoms in total. The monoisotopic (exact) mass is 328 g/mol. The van der Waals surface area contributed by atoms with Crippen LogP contribution < -0.4 is 5.32 Å². The second-order valence-corrected chi connectivity index (χ2v) is 5.73. The van der Waals surface area contributed by atoms with Gasteiger partial charge in [-0.25, -0.2) is 0 Å². The van der Waals surface area contributed by atoms with E-state index in [1.165, 1.54) is 0 Å². The minimum absolute atomic E-state index is 0.111. The number of nitrogens with zero attached hydrogens (tertiary/aromatic N) is 1. The Morgan fingerprint density at radius 3 is 2.68 bits per heavy atom. The smallest absolute Gasteiger partial charge is 0.251 e. The summed E-state index contributed by atoms with van der Waals surface area (Å²) in [6.45, 7) is 0.384. The van der Waals surface area contributed by atoms with Crippen LogP contribution in [0.4, 0.5) is 0 Å². The number of furan rings is 1. The van der Waals surface area contributed by atoms with Crippen LogP contribution in [0.1, 0.15) is 15.9 Å². The van der Waals surface area contributed by atoms with Crippen molar-refractivity contribution < 1.29 is 9.21 Å². The molecular weight excluding hydrogens is 312 g/mol. The van der Waals surface area contributed by atoms with Crippen LogP contribution >= 0.6 is 0 Å². The molecule has 0 aliphatic rings. The summed E-state index contributed by atoms with van der Waals surface area (Å²) in [4.78, 5) is 16.9. The topological polar surface area (TPSA) is 55.1 Å². The van der Waals surface area contributed by atoms with E-state index in [4.69, 9.17) is 4.42 Å². The molecule has 0 saturated heterocycles. The third-order valence-corrected chi connectivity index (χ3v) is 4.10. The molecule has 0 bridgehead atoms. The van der Waals surface area contributed by atoms with E-state index < -0.39 is 0 Å². The zero-order valence-electron chi connectivity index (χ0n) is 13.5. The van der Waals surface area contributed by atoms with Gasteiger partial charge in [-0.05, 0) is 41.1 Å². The molecule has 0 radical (unpaired) electrons. The van der Waals surface area contributed by atoms with E-state index in [0.717, 1.165) is 22.0 Å². The van der Waals surface area contributed by atoms with Crippen molar-refractivity contribution in [2.75, 3.05) is 0 Å². The third-order valence-electron chi connectivity index (χ3n) is 4.10. The Kier molecular flexibility index (Phi) is 4.01. The number of aromatic nitrogens is 1. The lowest BCUT2D eigenvalue weighted by atomic mass is 10.1. The number of carbonyl (C=O) groups excluding carboxylic acids is 1. The largest absolute Gasteiger partial charge is 0.463 e. The van der Waals surface area contributed by atoms with Crippen LogP contribution in [0.2, 0.25) is 0 Å². The molecule has 1 N–H and O–H groups in total. The van der Waals surface area contributed by atoms with Crippen LogP contribution in [-0.2, 0) is 6.54 Å². The van der Waals surface area contributed by atoms with Crippen LogP contribution in [0.25, 0.3) is 22.2 Å². The fourth-order valence-corrected chi connectivity index (χ4v) is 2.82. The van der Waals surface area contributed by atoms with Crippen molar-refractivity contribution in [1.29, 1.82) is 0 Å². The molecule has 4 rings (SSSR count). The predicted octanol–water partition coefficient (Wildman–Crippen LogP) is 4.42. The molecule has 25 heavy (non-hydrogen) atoms. The Hall–Kier alpha value is -3.40. The van der Waals surface area contributed by atoms with Gasteiger partial charge in [-0.1, -0.05) is 36.4 Å². The molecule has 0 spiro atoms. The number of carbonyl (C=O) groups is 1. The van der Waals surface area contributed by atoms with Crippen molar-refractivity contribution in [1.82, 2.24) is 10.3 Å². The molecule has 122 valence electrons. The molecular formula is C21H16N2O2. The third kappa shape index (κ3) is 3.15. The van der Waals surface area contributed by atoms with Gasteiger partial charge in [0, 0.05) is 23.9 Å². The van der Waals surface area contributed by atoms with E-state index in [1.807, 2.05) is 66.7 Å². The highest BCUT2D eigenvalue weighted by Gasteiger charge is 2.11. The summed E-state index contributed by atoms with van der Waals surface area (Å²) in [5.74, 6) is 0.579. The fourth-order valence-electron chi connectivity index (χ4n) is 2.82. The van der Waals surface area contributed by atoms with Gasteiger partial charge in [-0.2, -0.15) is 0 Å². The van der Waals surface area contributed by atoms with Crippen LogP contribution in [-0.4, -0.2) is 10.9 Å². The van der Waals surface area contributed by atoms with E-state index >= 15 is 0 Å². The van der Waals surface area contributed by atoms with E-state index in [1.54, 1.807) is 12.5 Å². The summed E-state index contributed by atoms with van der Waals surface area (Å²) in [5.41, 5.74) is 2.29. The van der Waals surface area contributed by atoms with Crippen molar-refractivity contribution in [2.45, 2.75) is 6.54 Å². The average Bonchev–Trinajstić information content (AvgIpc) is 3.20. The number of rotatable bonds is 4. The first kappa shape index (κ1) is 15.1. The molecule has 0 saturated carbocycles. The number of pyridine rings is 1. The number of nitrogens with one attached hydrogen (secondary N) is 1. The number of hydrogen-bond donors (Lipinski definition) is 1. The summed E-state index contributed by atoms with van der Waals surface area (Å²) in [7, 11) is 0. The number of hydrogen-bond acceptors (Lipinski definition) is 3. The van der Waals surface area contributed by atoms with E-state index in [-0.39, 0.29) is 5.91 Å². The molecule has 0 atom stereocenters. The molecule has 0 fully saturated rings. The summed E-state index contributed by atoms with van der Waals surface area (Å²) in [6, 6.07) is 21.2. The Bertz CT molecular complexity index is 1020. The van der Waals surface area contributed by atoms with Crippen LogP contribution in [0.15, 0.2) is 83.6 Å². The number of benzene rings is 2. The number of fused-ring (bicyclic) bond motifs is 1. The summed E-state index contributed by atoms with van der Waals surface area (Å²) >= 11 is 0. The average molecular weight is 328 g/mol. The lowest BCUT2D eigenvalue weighted by Crippen LogP contribution is -2.23. The molecule has 2 heterocycles. The van der Waals surface area contributed by atoms with Gasteiger partial charge in [0.1, 0.15) is 5.69 Å². The molecule has 0 unspecified atom stereocenters. The maximum atomic E-state index is 12.5. The summed E-state index contributed by atoms with van der Waals surface area (Å²) in [6.07, 6.45) is 3.33. The Balaban J connectivity index is 1.54. The van der Waals surface area contributed by atoms with E-state index in [0.29, 0.717) is 17.9 Å². The van der Waals surface area contributed by atoms with E-state index in [2.05, 4.69) is 10.3 Å². The van der Waals surface area contributed by atoms with Crippen molar-refractivity contribution in [3.63, 3.8) is 0 Å². The lowest BCUT2D eigenvalue weighted by molar-refractivity contribution is 0.0951. The highest BCUT2D eigenvalue weighted by Crippen LogP contribution is 2.21. The van der Waals surface area contributed by atoms with Gasteiger partial charge in [-0.15, -0.1) is 0 Å².